The number of hydrogen-bond donors (Lipinski definition) is 0. The van der Waals surface area contributed by atoms with E-state index < -0.39 is 0 Å². The molecule has 5 nitrogen and oxygen atoms in total. The lowest BCUT2D eigenvalue weighted by atomic mass is 9.96. The molecule has 1 aromatic rings. The van der Waals surface area contributed by atoms with Crippen molar-refractivity contribution in [2.24, 2.45) is 0 Å². The van der Waals surface area contributed by atoms with Crippen molar-refractivity contribution in [2.75, 3.05) is 33.3 Å². The van der Waals surface area contributed by atoms with Crippen LogP contribution in [0, 0.1) is 0 Å². The van der Waals surface area contributed by atoms with Gasteiger partial charge in [-0.3, -0.25) is 4.79 Å². The first kappa shape index (κ1) is 16.3. The van der Waals surface area contributed by atoms with E-state index in [2.05, 4.69) is 19.9 Å². The molecule has 120 valence electrons. The maximum Gasteiger partial charge on any atom is 0.409 e. The maximum atomic E-state index is 12.8. The summed E-state index contributed by atoms with van der Waals surface area (Å²) >= 11 is 0. The molecule has 1 heterocycles. The van der Waals surface area contributed by atoms with E-state index in [9.17, 15) is 9.59 Å². The molecule has 0 bridgehead atoms. The minimum atomic E-state index is -0.325. The topological polar surface area (TPSA) is 49.9 Å². The molecule has 0 N–H and O–H groups in total. The summed E-state index contributed by atoms with van der Waals surface area (Å²) in [6, 6.07) is 5.95. The number of methoxy groups -OCH3 is 1. The average molecular weight is 304 g/mol. The lowest BCUT2D eigenvalue weighted by Crippen LogP contribution is -2.50. The van der Waals surface area contributed by atoms with E-state index in [0.29, 0.717) is 26.2 Å². The van der Waals surface area contributed by atoms with E-state index in [1.54, 1.807) is 4.90 Å². The number of rotatable bonds is 3. The minimum absolute atomic E-state index is 0.0664. The summed E-state index contributed by atoms with van der Waals surface area (Å²) in [5, 5.41) is 0. The molecule has 1 saturated heterocycles. The first-order valence-electron chi connectivity index (χ1n) is 7.85. The highest BCUT2D eigenvalue weighted by atomic mass is 16.5. The van der Waals surface area contributed by atoms with Crippen molar-refractivity contribution >= 4 is 12.0 Å². The average Bonchev–Trinajstić information content (AvgIpc) is 2.59. The third-order valence-electron chi connectivity index (χ3n) is 4.24. The second-order valence-corrected chi connectivity index (χ2v) is 5.40. The SMILES string of the molecule is CCc1cccc(C(=O)N2CCN(C(=O)OC)CC2)c1CC. The summed E-state index contributed by atoms with van der Waals surface area (Å²) in [6.07, 6.45) is 1.46. The number of aryl methyl sites for hydroxylation is 1. The number of amides is 2. The van der Waals surface area contributed by atoms with Gasteiger partial charge in [0.1, 0.15) is 0 Å². The zero-order valence-corrected chi connectivity index (χ0v) is 13.6. The summed E-state index contributed by atoms with van der Waals surface area (Å²) in [5.41, 5.74) is 3.18. The van der Waals surface area contributed by atoms with Gasteiger partial charge in [0.2, 0.25) is 0 Å². The molecule has 5 heteroatoms. The molecule has 2 rings (SSSR count). The van der Waals surface area contributed by atoms with Gasteiger partial charge in [-0.25, -0.2) is 4.79 Å². The number of hydrogen-bond acceptors (Lipinski definition) is 3. The smallest absolute Gasteiger partial charge is 0.409 e. The van der Waals surface area contributed by atoms with E-state index in [4.69, 9.17) is 4.74 Å². The van der Waals surface area contributed by atoms with Gasteiger partial charge in [0, 0.05) is 31.7 Å². The largest absolute Gasteiger partial charge is 0.453 e. The van der Waals surface area contributed by atoms with E-state index in [-0.39, 0.29) is 12.0 Å². The molecule has 0 radical (unpaired) electrons. The predicted molar refractivity (Wildman–Crippen MR) is 85.1 cm³/mol. The van der Waals surface area contributed by atoms with Crippen molar-refractivity contribution in [1.29, 1.82) is 0 Å². The number of carbonyl (C=O) groups is 2. The van der Waals surface area contributed by atoms with Gasteiger partial charge in [-0.2, -0.15) is 0 Å². The van der Waals surface area contributed by atoms with E-state index in [1.807, 2.05) is 17.0 Å². The zero-order chi connectivity index (χ0) is 16.1. The standard InChI is InChI=1S/C17H24N2O3/c1-4-13-7-6-8-15(14(13)5-2)16(20)18-9-11-19(12-10-18)17(21)22-3/h6-8H,4-5,9-12H2,1-3H3. The zero-order valence-electron chi connectivity index (χ0n) is 13.6. The van der Waals surface area contributed by atoms with Crippen molar-refractivity contribution < 1.29 is 14.3 Å². The molecule has 0 spiro atoms. The summed E-state index contributed by atoms with van der Waals surface area (Å²) in [6.45, 7) is 6.33. The van der Waals surface area contributed by atoms with Gasteiger partial charge in [-0.1, -0.05) is 26.0 Å². The Balaban J connectivity index is 2.12. The molecule has 0 aromatic heterocycles. The van der Waals surface area contributed by atoms with Crippen molar-refractivity contribution in [3.05, 3.63) is 34.9 Å². The third-order valence-corrected chi connectivity index (χ3v) is 4.24. The van der Waals surface area contributed by atoms with Crippen LogP contribution in [0.5, 0.6) is 0 Å². The molecule has 0 saturated carbocycles. The molecule has 1 aromatic carbocycles. The quantitative estimate of drug-likeness (QED) is 0.861. The highest BCUT2D eigenvalue weighted by Gasteiger charge is 2.26. The lowest BCUT2D eigenvalue weighted by molar-refractivity contribution is 0.0598. The van der Waals surface area contributed by atoms with Crippen LogP contribution in [0.25, 0.3) is 0 Å². The van der Waals surface area contributed by atoms with Crippen molar-refractivity contribution in [3.8, 4) is 0 Å². The van der Waals surface area contributed by atoms with Crippen LogP contribution in [0.4, 0.5) is 4.79 Å². The fraction of sp³-hybridized carbons (Fsp3) is 0.529. The Bertz CT molecular complexity index is 549. The monoisotopic (exact) mass is 304 g/mol. The van der Waals surface area contributed by atoms with Crippen LogP contribution in [0.3, 0.4) is 0 Å². The Morgan fingerprint density at radius 2 is 1.68 bits per heavy atom. The highest BCUT2D eigenvalue weighted by Crippen LogP contribution is 2.19. The van der Waals surface area contributed by atoms with Crippen LogP contribution in [0.15, 0.2) is 18.2 Å². The summed E-state index contributed by atoms with van der Waals surface area (Å²) < 4.78 is 4.72. The molecule has 22 heavy (non-hydrogen) atoms. The van der Waals surface area contributed by atoms with Gasteiger partial charge in [0.25, 0.3) is 5.91 Å². The number of carbonyl (C=O) groups excluding carboxylic acids is 2. The maximum absolute atomic E-state index is 12.8. The second kappa shape index (κ2) is 7.29. The van der Waals surface area contributed by atoms with Crippen LogP contribution >= 0.6 is 0 Å². The first-order chi connectivity index (χ1) is 10.6. The highest BCUT2D eigenvalue weighted by molar-refractivity contribution is 5.96. The molecule has 1 aliphatic rings. The van der Waals surface area contributed by atoms with Crippen molar-refractivity contribution in [2.45, 2.75) is 26.7 Å². The molecule has 0 atom stereocenters. The third kappa shape index (κ3) is 3.24. The predicted octanol–water partition coefficient (Wildman–Crippen LogP) is 2.34. The van der Waals surface area contributed by atoms with Gasteiger partial charge >= 0.3 is 6.09 Å². The number of piperazine rings is 1. The normalized spacial score (nSPS) is 14.9. The fourth-order valence-corrected chi connectivity index (χ4v) is 2.98. The summed E-state index contributed by atoms with van der Waals surface area (Å²) in [4.78, 5) is 27.7. The fourth-order valence-electron chi connectivity index (χ4n) is 2.98. The Morgan fingerprint density at radius 3 is 2.23 bits per heavy atom. The number of nitrogens with zero attached hydrogens (tertiary/aromatic N) is 2. The van der Waals surface area contributed by atoms with Gasteiger partial charge in [0.15, 0.2) is 0 Å². The van der Waals surface area contributed by atoms with E-state index >= 15 is 0 Å². The van der Waals surface area contributed by atoms with E-state index in [0.717, 1.165) is 24.0 Å². The number of ether oxygens (including phenoxy) is 1. The molecular weight excluding hydrogens is 280 g/mol. The molecule has 0 unspecified atom stereocenters. The Morgan fingerprint density at radius 1 is 1.05 bits per heavy atom. The summed E-state index contributed by atoms with van der Waals surface area (Å²) in [5.74, 6) is 0.0664. The van der Waals surface area contributed by atoms with Crippen LogP contribution in [-0.2, 0) is 17.6 Å². The Hall–Kier alpha value is -2.04. The van der Waals surface area contributed by atoms with Gasteiger partial charge < -0.3 is 14.5 Å². The van der Waals surface area contributed by atoms with Crippen molar-refractivity contribution in [1.82, 2.24) is 9.80 Å². The first-order valence-corrected chi connectivity index (χ1v) is 7.85. The minimum Gasteiger partial charge on any atom is -0.453 e. The van der Waals surface area contributed by atoms with Crippen LogP contribution in [0.1, 0.15) is 35.3 Å². The Labute approximate surface area is 131 Å². The molecule has 1 fully saturated rings. The van der Waals surface area contributed by atoms with E-state index in [1.165, 1.54) is 12.7 Å². The molecule has 2 amide bonds. The van der Waals surface area contributed by atoms with Gasteiger partial charge in [0.05, 0.1) is 7.11 Å². The van der Waals surface area contributed by atoms with Crippen LogP contribution < -0.4 is 0 Å². The Kier molecular flexibility index (Phi) is 5.41. The summed E-state index contributed by atoms with van der Waals surface area (Å²) in [7, 11) is 1.38. The van der Waals surface area contributed by atoms with Crippen LogP contribution in [0.2, 0.25) is 0 Å². The second-order valence-electron chi connectivity index (χ2n) is 5.40. The van der Waals surface area contributed by atoms with Gasteiger partial charge in [-0.05, 0) is 30.0 Å². The molecular formula is C17H24N2O3. The van der Waals surface area contributed by atoms with Crippen molar-refractivity contribution in [3.63, 3.8) is 0 Å². The molecule has 0 aliphatic carbocycles. The van der Waals surface area contributed by atoms with Crippen LogP contribution in [-0.4, -0.2) is 55.1 Å². The number of benzene rings is 1. The molecule has 1 aliphatic heterocycles. The van der Waals surface area contributed by atoms with Gasteiger partial charge in [-0.15, -0.1) is 0 Å². The lowest BCUT2D eigenvalue weighted by Gasteiger charge is -2.34.